The topological polar surface area (TPSA) is 67.4 Å². The van der Waals surface area contributed by atoms with Crippen molar-refractivity contribution < 1.29 is 18.3 Å². The highest BCUT2D eigenvalue weighted by molar-refractivity contribution is 6.02. The molecule has 0 saturated carbocycles. The van der Waals surface area contributed by atoms with Crippen molar-refractivity contribution in [1.82, 2.24) is 9.97 Å². The first kappa shape index (κ1) is 15.3. The molecule has 0 bridgehead atoms. The van der Waals surface area contributed by atoms with Crippen LogP contribution in [0, 0.1) is 11.6 Å². The van der Waals surface area contributed by atoms with E-state index in [1.54, 1.807) is 0 Å². The summed E-state index contributed by atoms with van der Waals surface area (Å²) in [4.78, 5) is 22.5. The van der Waals surface area contributed by atoms with Crippen LogP contribution in [-0.2, 0) is 4.74 Å². The summed E-state index contributed by atoms with van der Waals surface area (Å²) in [6.07, 6.45) is 1.48. The van der Waals surface area contributed by atoms with E-state index >= 15 is 0 Å². The Morgan fingerprint density at radius 2 is 1.96 bits per heavy atom. The fourth-order valence-electron chi connectivity index (χ4n) is 2.16. The fourth-order valence-corrected chi connectivity index (χ4v) is 2.16. The molecule has 1 fully saturated rings. The molecule has 0 radical (unpaired) electrons. The van der Waals surface area contributed by atoms with Crippen LogP contribution in [0.1, 0.15) is 10.5 Å². The minimum atomic E-state index is -1.03. The molecular weight excluding hydrogens is 306 g/mol. The lowest BCUT2D eigenvalue weighted by molar-refractivity contribution is 0.102. The van der Waals surface area contributed by atoms with E-state index in [2.05, 4.69) is 15.3 Å². The maximum absolute atomic E-state index is 13.2. The SMILES string of the molecule is O=C(Nc1ccc(F)c(F)c1)c1ccnc(N2CCOCC2)n1. The van der Waals surface area contributed by atoms with Crippen molar-refractivity contribution in [2.45, 2.75) is 0 Å². The van der Waals surface area contributed by atoms with Gasteiger partial charge in [0.05, 0.1) is 13.2 Å². The van der Waals surface area contributed by atoms with E-state index in [9.17, 15) is 13.6 Å². The molecule has 0 aliphatic carbocycles. The third-order valence-corrected chi connectivity index (χ3v) is 3.35. The lowest BCUT2D eigenvalue weighted by Gasteiger charge is -2.26. The van der Waals surface area contributed by atoms with Gasteiger partial charge in [0.1, 0.15) is 5.69 Å². The zero-order valence-corrected chi connectivity index (χ0v) is 12.1. The van der Waals surface area contributed by atoms with Crippen molar-refractivity contribution in [3.05, 3.63) is 47.8 Å². The average Bonchev–Trinajstić information content (AvgIpc) is 2.59. The van der Waals surface area contributed by atoms with E-state index in [1.807, 2.05) is 4.90 Å². The average molecular weight is 320 g/mol. The quantitative estimate of drug-likeness (QED) is 0.935. The Bertz CT molecular complexity index is 720. The standard InChI is InChI=1S/C15H14F2N4O2/c16-11-2-1-10(9-12(11)17)19-14(22)13-3-4-18-15(20-13)21-5-7-23-8-6-21/h1-4,9H,5-8H2,(H,19,22). The minimum Gasteiger partial charge on any atom is -0.378 e. The van der Waals surface area contributed by atoms with Gasteiger partial charge in [-0.15, -0.1) is 0 Å². The molecule has 0 unspecified atom stereocenters. The molecule has 1 aliphatic rings. The maximum atomic E-state index is 13.2. The van der Waals surface area contributed by atoms with Gasteiger partial charge in [-0.25, -0.2) is 18.7 Å². The maximum Gasteiger partial charge on any atom is 0.274 e. The van der Waals surface area contributed by atoms with Crippen LogP contribution in [-0.4, -0.2) is 42.2 Å². The minimum absolute atomic E-state index is 0.145. The van der Waals surface area contributed by atoms with Crippen LogP contribution in [0.4, 0.5) is 20.4 Å². The molecule has 0 atom stereocenters. The van der Waals surface area contributed by atoms with Crippen LogP contribution in [0.3, 0.4) is 0 Å². The number of nitrogens with one attached hydrogen (secondary N) is 1. The smallest absolute Gasteiger partial charge is 0.274 e. The molecule has 6 nitrogen and oxygen atoms in total. The zero-order chi connectivity index (χ0) is 16.2. The summed E-state index contributed by atoms with van der Waals surface area (Å²) in [7, 11) is 0. The Morgan fingerprint density at radius 3 is 2.70 bits per heavy atom. The monoisotopic (exact) mass is 320 g/mol. The number of rotatable bonds is 3. The van der Waals surface area contributed by atoms with Crippen molar-refractivity contribution >= 4 is 17.5 Å². The molecule has 2 heterocycles. The van der Waals surface area contributed by atoms with E-state index in [1.165, 1.54) is 18.3 Å². The van der Waals surface area contributed by atoms with E-state index < -0.39 is 17.5 Å². The molecule has 1 aliphatic heterocycles. The number of ether oxygens (including phenoxy) is 1. The lowest BCUT2D eigenvalue weighted by Crippen LogP contribution is -2.37. The molecule has 1 amide bonds. The molecule has 1 aromatic heterocycles. The molecule has 1 N–H and O–H groups in total. The highest BCUT2D eigenvalue weighted by Crippen LogP contribution is 2.15. The number of benzene rings is 1. The molecule has 2 aromatic rings. The molecule has 8 heteroatoms. The van der Waals surface area contributed by atoms with Gasteiger partial charge in [-0.05, 0) is 18.2 Å². The number of hydrogen-bond donors (Lipinski definition) is 1. The van der Waals surface area contributed by atoms with Crippen LogP contribution in [0.15, 0.2) is 30.5 Å². The molecule has 3 rings (SSSR count). The number of halogens is 2. The van der Waals surface area contributed by atoms with Gasteiger partial charge in [-0.2, -0.15) is 0 Å². The van der Waals surface area contributed by atoms with Crippen LogP contribution in [0.2, 0.25) is 0 Å². The van der Waals surface area contributed by atoms with Gasteiger partial charge >= 0.3 is 0 Å². The predicted octanol–water partition coefficient (Wildman–Crippen LogP) is 1.84. The highest BCUT2D eigenvalue weighted by atomic mass is 19.2. The molecule has 0 spiro atoms. The van der Waals surface area contributed by atoms with E-state index in [-0.39, 0.29) is 11.4 Å². The van der Waals surface area contributed by atoms with E-state index in [0.29, 0.717) is 32.3 Å². The summed E-state index contributed by atoms with van der Waals surface area (Å²) in [5, 5.41) is 2.48. The van der Waals surface area contributed by atoms with Crippen molar-refractivity contribution in [1.29, 1.82) is 0 Å². The van der Waals surface area contributed by atoms with Crippen molar-refractivity contribution in [3.8, 4) is 0 Å². The van der Waals surface area contributed by atoms with Crippen molar-refractivity contribution in [2.24, 2.45) is 0 Å². The van der Waals surface area contributed by atoms with Gasteiger partial charge in [0.2, 0.25) is 5.95 Å². The van der Waals surface area contributed by atoms with E-state index in [0.717, 1.165) is 12.1 Å². The number of aromatic nitrogens is 2. The Balaban J connectivity index is 1.75. The third-order valence-electron chi connectivity index (χ3n) is 3.35. The molecule has 23 heavy (non-hydrogen) atoms. The first-order valence-electron chi connectivity index (χ1n) is 7.05. The van der Waals surface area contributed by atoms with Crippen LogP contribution in [0.25, 0.3) is 0 Å². The Morgan fingerprint density at radius 1 is 1.17 bits per heavy atom. The van der Waals surface area contributed by atoms with Crippen molar-refractivity contribution in [3.63, 3.8) is 0 Å². The number of carbonyl (C=O) groups excluding carboxylic acids is 1. The van der Waals surface area contributed by atoms with Gasteiger partial charge in [-0.1, -0.05) is 0 Å². The van der Waals surface area contributed by atoms with E-state index in [4.69, 9.17) is 4.74 Å². The Kier molecular flexibility index (Phi) is 4.42. The second kappa shape index (κ2) is 6.66. The molecule has 1 aromatic carbocycles. The predicted molar refractivity (Wildman–Crippen MR) is 79.4 cm³/mol. The number of carbonyl (C=O) groups is 1. The molecular formula is C15H14F2N4O2. The number of amides is 1. The zero-order valence-electron chi connectivity index (χ0n) is 12.1. The van der Waals surface area contributed by atoms with Gasteiger partial charge in [0, 0.05) is 31.0 Å². The van der Waals surface area contributed by atoms with Crippen molar-refractivity contribution in [2.75, 3.05) is 36.5 Å². The Labute approximate surface area is 131 Å². The second-order valence-electron chi connectivity index (χ2n) is 4.92. The number of hydrogen-bond acceptors (Lipinski definition) is 5. The van der Waals surface area contributed by atoms with Crippen LogP contribution >= 0.6 is 0 Å². The third kappa shape index (κ3) is 3.59. The Hall–Kier alpha value is -2.61. The number of anilines is 2. The first-order chi connectivity index (χ1) is 11.1. The fraction of sp³-hybridized carbons (Fsp3) is 0.267. The van der Waals surface area contributed by atoms with Gasteiger partial charge in [0.25, 0.3) is 5.91 Å². The highest BCUT2D eigenvalue weighted by Gasteiger charge is 2.16. The summed E-state index contributed by atoms with van der Waals surface area (Å²) in [5.41, 5.74) is 0.298. The van der Waals surface area contributed by atoms with Crippen LogP contribution in [0.5, 0.6) is 0 Å². The van der Waals surface area contributed by atoms with Gasteiger partial charge in [0.15, 0.2) is 11.6 Å². The normalized spacial score (nSPS) is 14.6. The van der Waals surface area contributed by atoms with Gasteiger partial charge in [-0.3, -0.25) is 4.79 Å². The molecule has 1 saturated heterocycles. The summed E-state index contributed by atoms with van der Waals surface area (Å²) in [6, 6.07) is 4.60. The number of nitrogens with zero attached hydrogens (tertiary/aromatic N) is 3. The lowest BCUT2D eigenvalue weighted by atomic mass is 10.3. The summed E-state index contributed by atoms with van der Waals surface area (Å²) in [6.45, 7) is 2.45. The summed E-state index contributed by atoms with van der Waals surface area (Å²) < 4.78 is 31.3. The van der Waals surface area contributed by atoms with Gasteiger partial charge < -0.3 is 15.0 Å². The molecule has 120 valence electrons. The summed E-state index contributed by atoms with van der Waals surface area (Å²) in [5.74, 6) is -2.08. The second-order valence-corrected chi connectivity index (χ2v) is 4.92. The number of morpholine rings is 1. The van der Waals surface area contributed by atoms with Crippen LogP contribution < -0.4 is 10.2 Å². The largest absolute Gasteiger partial charge is 0.378 e. The first-order valence-corrected chi connectivity index (χ1v) is 7.05. The summed E-state index contributed by atoms with van der Waals surface area (Å²) >= 11 is 0.